The Bertz CT molecular complexity index is 1150. The SMILES string of the molecule is CN(CCCc1cccc(NC(=O)C(C)(C)C)c1)[C@@H]1Cc2cccc3[nH]c(=O)n(c23)C1. The van der Waals surface area contributed by atoms with Crippen LogP contribution in [0.25, 0.3) is 11.0 Å². The number of aromatic amines is 1. The van der Waals surface area contributed by atoms with E-state index in [1.54, 1.807) is 0 Å². The maximum absolute atomic E-state index is 12.4. The molecule has 1 aromatic heterocycles. The lowest BCUT2D eigenvalue weighted by Crippen LogP contribution is -2.42. The molecule has 2 aromatic carbocycles. The van der Waals surface area contributed by atoms with Crippen LogP contribution in [-0.2, 0) is 24.2 Å². The zero-order valence-corrected chi connectivity index (χ0v) is 18.9. The molecule has 31 heavy (non-hydrogen) atoms. The Morgan fingerprint density at radius 3 is 2.77 bits per heavy atom. The van der Waals surface area contributed by atoms with E-state index in [1.165, 1.54) is 11.1 Å². The van der Waals surface area contributed by atoms with Crippen molar-refractivity contribution >= 4 is 22.6 Å². The van der Waals surface area contributed by atoms with Crippen LogP contribution >= 0.6 is 0 Å². The van der Waals surface area contributed by atoms with Crippen LogP contribution in [0.4, 0.5) is 5.69 Å². The molecule has 0 unspecified atom stereocenters. The molecule has 1 atom stereocenters. The largest absolute Gasteiger partial charge is 0.326 e. The number of aromatic nitrogens is 2. The molecule has 4 rings (SSSR count). The summed E-state index contributed by atoms with van der Waals surface area (Å²) in [5.41, 5.74) is 4.87. The summed E-state index contributed by atoms with van der Waals surface area (Å²) in [6.45, 7) is 7.42. The lowest BCUT2D eigenvalue weighted by atomic mass is 9.95. The van der Waals surface area contributed by atoms with E-state index in [2.05, 4.69) is 40.4 Å². The van der Waals surface area contributed by atoms with Crippen molar-refractivity contribution in [1.82, 2.24) is 14.5 Å². The molecule has 0 saturated heterocycles. The number of rotatable bonds is 6. The highest BCUT2D eigenvalue weighted by Gasteiger charge is 2.25. The minimum atomic E-state index is -0.412. The Balaban J connectivity index is 1.34. The fraction of sp³-hybridized carbons (Fsp3) is 0.440. The number of nitrogens with zero attached hydrogens (tertiary/aromatic N) is 2. The number of hydrogen-bond acceptors (Lipinski definition) is 3. The fourth-order valence-corrected chi connectivity index (χ4v) is 4.30. The predicted octanol–water partition coefficient (Wildman–Crippen LogP) is 3.80. The molecule has 6 nitrogen and oxygen atoms in total. The van der Waals surface area contributed by atoms with Crippen LogP contribution in [0.5, 0.6) is 0 Å². The van der Waals surface area contributed by atoms with Crippen molar-refractivity contribution < 1.29 is 4.79 Å². The van der Waals surface area contributed by atoms with Gasteiger partial charge in [-0.2, -0.15) is 0 Å². The third-order valence-electron chi connectivity index (χ3n) is 6.19. The standard InChI is InChI=1S/C25H32N4O2/c1-25(2,3)23(30)26-19-11-5-8-17(14-19)9-7-13-28(4)20-15-18-10-6-12-21-22(18)29(16-20)24(31)27-21/h5-6,8,10-12,14,20H,7,9,13,15-16H2,1-4H3,(H,26,30)(H,27,31)/t20-/m1/s1. The first-order valence-corrected chi connectivity index (χ1v) is 11.0. The Morgan fingerprint density at radius 2 is 2.00 bits per heavy atom. The van der Waals surface area contributed by atoms with Crippen LogP contribution in [0.2, 0.25) is 0 Å². The molecule has 1 aliphatic heterocycles. The maximum Gasteiger partial charge on any atom is 0.326 e. The number of hydrogen-bond donors (Lipinski definition) is 2. The summed E-state index contributed by atoms with van der Waals surface area (Å²) >= 11 is 0. The number of nitrogens with one attached hydrogen (secondary N) is 2. The Kier molecular flexibility index (Phi) is 5.75. The Hall–Kier alpha value is -2.86. The molecule has 1 aliphatic rings. The first-order valence-electron chi connectivity index (χ1n) is 11.0. The minimum Gasteiger partial charge on any atom is -0.326 e. The van der Waals surface area contributed by atoms with Crippen LogP contribution in [0.3, 0.4) is 0 Å². The third kappa shape index (κ3) is 4.59. The number of benzene rings is 2. The lowest BCUT2D eigenvalue weighted by Gasteiger charge is -2.32. The highest BCUT2D eigenvalue weighted by Crippen LogP contribution is 2.25. The number of para-hydroxylation sites is 1. The molecule has 0 saturated carbocycles. The third-order valence-corrected chi connectivity index (χ3v) is 6.19. The number of anilines is 1. The number of H-pyrrole nitrogens is 1. The zero-order chi connectivity index (χ0) is 22.2. The molecular weight excluding hydrogens is 388 g/mol. The van der Waals surface area contributed by atoms with Crippen LogP contribution in [0, 0.1) is 5.41 Å². The summed E-state index contributed by atoms with van der Waals surface area (Å²) in [5.74, 6) is 0.0241. The van der Waals surface area contributed by atoms with Crippen molar-refractivity contribution in [3.8, 4) is 0 Å². The molecule has 0 aliphatic carbocycles. The van der Waals surface area contributed by atoms with Gasteiger partial charge >= 0.3 is 5.69 Å². The van der Waals surface area contributed by atoms with Crippen LogP contribution in [0.1, 0.15) is 38.3 Å². The number of imidazole rings is 1. The number of amides is 1. The summed E-state index contributed by atoms with van der Waals surface area (Å²) in [7, 11) is 2.15. The van der Waals surface area contributed by atoms with Gasteiger partial charge in [0, 0.05) is 23.7 Å². The molecular formula is C25H32N4O2. The van der Waals surface area contributed by atoms with Gasteiger partial charge in [-0.3, -0.25) is 9.36 Å². The van der Waals surface area contributed by atoms with E-state index < -0.39 is 5.41 Å². The van der Waals surface area contributed by atoms with Crippen LogP contribution < -0.4 is 11.0 Å². The smallest absolute Gasteiger partial charge is 0.326 e. The average molecular weight is 421 g/mol. The highest BCUT2D eigenvalue weighted by molar-refractivity contribution is 5.94. The van der Waals surface area contributed by atoms with E-state index in [4.69, 9.17) is 0 Å². The fourth-order valence-electron chi connectivity index (χ4n) is 4.30. The van der Waals surface area contributed by atoms with Crippen molar-refractivity contribution in [3.05, 3.63) is 64.1 Å². The van der Waals surface area contributed by atoms with Crippen molar-refractivity contribution in [2.45, 2.75) is 52.6 Å². The van der Waals surface area contributed by atoms with Gasteiger partial charge in [0.25, 0.3) is 0 Å². The minimum absolute atomic E-state index is 0.0188. The quantitative estimate of drug-likeness (QED) is 0.637. The number of aryl methyl sites for hydroxylation is 1. The van der Waals surface area contributed by atoms with Gasteiger partial charge in [-0.25, -0.2) is 4.79 Å². The second kappa shape index (κ2) is 8.35. The van der Waals surface area contributed by atoms with Crippen LogP contribution in [0.15, 0.2) is 47.3 Å². The number of carbonyl (C=O) groups excluding carboxylic acids is 1. The van der Waals surface area contributed by atoms with Gasteiger partial charge in [0.15, 0.2) is 0 Å². The number of carbonyl (C=O) groups is 1. The molecule has 0 fully saturated rings. The first kappa shape index (κ1) is 21.4. The Labute approximate surface area is 183 Å². The molecule has 2 heterocycles. The molecule has 0 radical (unpaired) electrons. The molecule has 0 bridgehead atoms. The van der Waals surface area contributed by atoms with E-state index in [0.29, 0.717) is 6.04 Å². The van der Waals surface area contributed by atoms with Crippen molar-refractivity contribution in [1.29, 1.82) is 0 Å². The average Bonchev–Trinajstić information content (AvgIpc) is 3.04. The summed E-state index contributed by atoms with van der Waals surface area (Å²) in [6, 6.07) is 14.5. The normalized spacial score (nSPS) is 16.1. The molecule has 164 valence electrons. The van der Waals surface area contributed by atoms with Crippen molar-refractivity contribution in [2.75, 3.05) is 18.9 Å². The first-order chi connectivity index (χ1) is 14.7. The maximum atomic E-state index is 12.4. The second-order valence-corrected chi connectivity index (χ2v) is 9.70. The van der Waals surface area contributed by atoms with Crippen molar-refractivity contribution in [3.63, 3.8) is 0 Å². The van der Waals surface area contributed by atoms with E-state index >= 15 is 0 Å². The summed E-state index contributed by atoms with van der Waals surface area (Å²) < 4.78 is 1.89. The van der Waals surface area contributed by atoms with Gasteiger partial charge in [-0.1, -0.05) is 45.0 Å². The zero-order valence-electron chi connectivity index (χ0n) is 18.9. The van der Waals surface area contributed by atoms with Crippen molar-refractivity contribution in [2.24, 2.45) is 5.41 Å². The van der Waals surface area contributed by atoms with Gasteiger partial charge in [-0.15, -0.1) is 0 Å². The number of likely N-dealkylation sites (N-methyl/N-ethyl adjacent to an activating group) is 1. The molecule has 6 heteroatoms. The molecule has 3 aromatic rings. The lowest BCUT2D eigenvalue weighted by molar-refractivity contribution is -0.123. The topological polar surface area (TPSA) is 70.1 Å². The van der Waals surface area contributed by atoms with Gasteiger partial charge in [-0.05, 0) is 62.2 Å². The summed E-state index contributed by atoms with van der Waals surface area (Å²) in [6.07, 6.45) is 2.92. The highest BCUT2D eigenvalue weighted by atomic mass is 16.2. The van der Waals surface area contributed by atoms with Gasteiger partial charge < -0.3 is 15.2 Å². The van der Waals surface area contributed by atoms with E-state index in [-0.39, 0.29) is 11.6 Å². The van der Waals surface area contributed by atoms with Gasteiger partial charge in [0.2, 0.25) is 5.91 Å². The summed E-state index contributed by atoms with van der Waals surface area (Å²) in [5, 5.41) is 3.01. The summed E-state index contributed by atoms with van der Waals surface area (Å²) in [4.78, 5) is 29.9. The van der Waals surface area contributed by atoms with Gasteiger partial charge in [0.05, 0.1) is 11.0 Å². The second-order valence-electron chi connectivity index (χ2n) is 9.70. The van der Waals surface area contributed by atoms with E-state index in [0.717, 1.165) is 49.1 Å². The molecule has 0 spiro atoms. The van der Waals surface area contributed by atoms with Crippen LogP contribution in [-0.4, -0.2) is 40.0 Å². The van der Waals surface area contributed by atoms with Gasteiger partial charge in [0.1, 0.15) is 0 Å². The monoisotopic (exact) mass is 420 g/mol. The van der Waals surface area contributed by atoms with E-state index in [1.807, 2.05) is 49.6 Å². The molecule has 2 N–H and O–H groups in total. The van der Waals surface area contributed by atoms with E-state index in [9.17, 15) is 9.59 Å². The Morgan fingerprint density at radius 1 is 1.23 bits per heavy atom. The molecule has 1 amide bonds. The predicted molar refractivity (Wildman–Crippen MR) is 126 cm³/mol.